The van der Waals surface area contributed by atoms with Gasteiger partial charge < -0.3 is 9.67 Å². The van der Waals surface area contributed by atoms with E-state index in [1.165, 1.54) is 6.92 Å². The molecule has 0 aliphatic heterocycles. The summed E-state index contributed by atoms with van der Waals surface area (Å²) in [5.74, 6) is -0.440. The van der Waals surface area contributed by atoms with E-state index in [0.717, 1.165) is 5.56 Å². The lowest BCUT2D eigenvalue weighted by molar-refractivity contribution is -0.140. The summed E-state index contributed by atoms with van der Waals surface area (Å²) in [5, 5.41) is 9.60. The van der Waals surface area contributed by atoms with Crippen molar-refractivity contribution in [3.63, 3.8) is 0 Å². The minimum atomic E-state index is -0.919. The van der Waals surface area contributed by atoms with Crippen LogP contribution in [0.2, 0.25) is 0 Å². The van der Waals surface area contributed by atoms with Crippen molar-refractivity contribution in [2.24, 2.45) is 0 Å². The van der Waals surface area contributed by atoms with Crippen molar-refractivity contribution >= 4 is 22.8 Å². The summed E-state index contributed by atoms with van der Waals surface area (Å²) in [7, 11) is 0. The van der Waals surface area contributed by atoms with Crippen LogP contribution in [0.4, 0.5) is 0 Å². The highest BCUT2D eigenvalue weighted by Gasteiger charge is 2.24. The van der Waals surface area contributed by atoms with E-state index in [-0.39, 0.29) is 5.78 Å². The van der Waals surface area contributed by atoms with Crippen LogP contribution in [0.15, 0.2) is 42.7 Å². The number of carbonyl (C=O) groups is 2. The molecule has 0 radical (unpaired) electrons. The fraction of sp³-hybridized carbons (Fsp3) is 0.222. The first-order chi connectivity index (χ1) is 11.5. The molecule has 122 valence electrons. The predicted molar refractivity (Wildman–Crippen MR) is 89.9 cm³/mol. The number of pyridine rings is 1. The zero-order valence-electron chi connectivity index (χ0n) is 13.4. The number of imidazole rings is 1. The quantitative estimate of drug-likeness (QED) is 0.728. The number of rotatable bonds is 5. The molecule has 1 atom stereocenters. The molecule has 2 heterocycles. The largest absolute Gasteiger partial charge is 0.480 e. The van der Waals surface area contributed by atoms with E-state index in [9.17, 15) is 14.7 Å². The third-order valence-electron chi connectivity index (χ3n) is 4.00. The van der Waals surface area contributed by atoms with Gasteiger partial charge in [-0.3, -0.25) is 9.78 Å². The van der Waals surface area contributed by atoms with Gasteiger partial charge in [0.25, 0.3) is 0 Å². The van der Waals surface area contributed by atoms with Gasteiger partial charge in [-0.25, -0.2) is 9.78 Å². The van der Waals surface area contributed by atoms with Crippen molar-refractivity contribution < 1.29 is 14.7 Å². The number of nitrogens with zero attached hydrogens (tertiary/aromatic N) is 3. The number of carboxylic acids is 1. The van der Waals surface area contributed by atoms with Gasteiger partial charge in [0.05, 0.1) is 11.0 Å². The van der Waals surface area contributed by atoms with E-state index in [4.69, 9.17) is 0 Å². The average molecular weight is 323 g/mol. The Bertz CT molecular complexity index is 916. The number of aromatic nitrogens is 3. The molecule has 0 amide bonds. The monoisotopic (exact) mass is 323 g/mol. The highest BCUT2D eigenvalue weighted by Crippen LogP contribution is 2.30. The molecule has 1 unspecified atom stereocenters. The van der Waals surface area contributed by atoms with Crippen molar-refractivity contribution in [1.29, 1.82) is 0 Å². The molecule has 24 heavy (non-hydrogen) atoms. The smallest absolute Gasteiger partial charge is 0.326 e. The topological polar surface area (TPSA) is 85.1 Å². The van der Waals surface area contributed by atoms with Crippen molar-refractivity contribution in [1.82, 2.24) is 14.5 Å². The van der Waals surface area contributed by atoms with Crippen molar-refractivity contribution in [3.8, 4) is 11.4 Å². The third-order valence-corrected chi connectivity index (χ3v) is 4.00. The summed E-state index contributed by atoms with van der Waals surface area (Å²) in [6, 6.07) is 8.03. The van der Waals surface area contributed by atoms with Gasteiger partial charge >= 0.3 is 5.97 Å². The Morgan fingerprint density at radius 3 is 2.67 bits per heavy atom. The van der Waals surface area contributed by atoms with Gasteiger partial charge in [-0.15, -0.1) is 0 Å². The van der Waals surface area contributed by atoms with E-state index in [0.29, 0.717) is 28.8 Å². The molecule has 0 saturated heterocycles. The van der Waals surface area contributed by atoms with Crippen LogP contribution in [-0.4, -0.2) is 31.4 Å². The lowest BCUT2D eigenvalue weighted by atomic mass is 10.1. The lowest BCUT2D eigenvalue weighted by Crippen LogP contribution is -2.19. The number of fused-ring (bicyclic) bond motifs is 1. The summed E-state index contributed by atoms with van der Waals surface area (Å²) in [6.07, 6.45) is 3.72. The van der Waals surface area contributed by atoms with Crippen LogP contribution in [0.25, 0.3) is 22.4 Å². The third kappa shape index (κ3) is 2.67. The molecule has 0 bridgehead atoms. The zero-order chi connectivity index (χ0) is 17.3. The maximum atomic E-state index is 11.7. The van der Waals surface area contributed by atoms with E-state index in [1.54, 1.807) is 41.2 Å². The molecule has 6 heteroatoms. The Kier molecular flexibility index (Phi) is 4.12. The van der Waals surface area contributed by atoms with E-state index >= 15 is 0 Å². The van der Waals surface area contributed by atoms with Gasteiger partial charge in [0.1, 0.15) is 11.9 Å². The normalized spacial score (nSPS) is 12.2. The number of benzene rings is 1. The first kappa shape index (κ1) is 15.9. The fourth-order valence-electron chi connectivity index (χ4n) is 2.80. The van der Waals surface area contributed by atoms with E-state index < -0.39 is 12.0 Å². The van der Waals surface area contributed by atoms with E-state index in [2.05, 4.69) is 9.97 Å². The maximum Gasteiger partial charge on any atom is 0.326 e. The van der Waals surface area contributed by atoms with Gasteiger partial charge in [-0.1, -0.05) is 6.92 Å². The summed E-state index contributed by atoms with van der Waals surface area (Å²) >= 11 is 0. The standard InChI is InChI=1S/C18H17N3O3/c1-3-15(18(23)24)21-16-7-6-12(11(2)22)9-14(16)20-17(21)13-5-4-8-19-10-13/h4-10,15H,3H2,1-2H3,(H,23,24). The summed E-state index contributed by atoms with van der Waals surface area (Å²) in [5.41, 5.74) is 2.57. The Morgan fingerprint density at radius 2 is 2.08 bits per heavy atom. The Balaban J connectivity index is 2.32. The molecule has 0 fully saturated rings. The predicted octanol–water partition coefficient (Wildman–Crippen LogP) is 3.34. The maximum absolute atomic E-state index is 11.7. The number of hydrogen-bond donors (Lipinski definition) is 1. The zero-order valence-corrected chi connectivity index (χ0v) is 13.4. The summed E-state index contributed by atoms with van der Waals surface area (Å²) in [6.45, 7) is 3.31. The van der Waals surface area contributed by atoms with Crippen molar-refractivity contribution in [3.05, 3.63) is 48.3 Å². The van der Waals surface area contributed by atoms with Crippen LogP contribution in [0.5, 0.6) is 0 Å². The average Bonchev–Trinajstić information content (AvgIpc) is 2.94. The summed E-state index contributed by atoms with van der Waals surface area (Å²) < 4.78 is 1.71. The Hall–Kier alpha value is -3.02. The molecule has 2 aromatic heterocycles. The number of aliphatic carboxylic acids is 1. The molecular weight excluding hydrogens is 306 g/mol. The Labute approximate surface area is 138 Å². The van der Waals surface area contributed by atoms with Crippen molar-refractivity contribution in [2.45, 2.75) is 26.3 Å². The number of carboxylic acid groups (broad SMARTS) is 1. The number of Topliss-reactive ketones (excluding diaryl/α,β-unsaturated/α-hetero) is 1. The number of hydrogen-bond acceptors (Lipinski definition) is 4. The Morgan fingerprint density at radius 1 is 1.29 bits per heavy atom. The van der Waals surface area contributed by atoms with Crippen LogP contribution < -0.4 is 0 Å². The SMILES string of the molecule is CCC(C(=O)O)n1c(-c2cccnc2)nc2cc(C(C)=O)ccc21. The van der Waals surface area contributed by atoms with E-state index in [1.807, 2.05) is 13.0 Å². The van der Waals surface area contributed by atoms with Crippen LogP contribution >= 0.6 is 0 Å². The molecule has 1 N–H and O–H groups in total. The molecule has 3 aromatic rings. The fourth-order valence-corrected chi connectivity index (χ4v) is 2.80. The number of carbonyl (C=O) groups excluding carboxylic acids is 1. The minimum absolute atomic E-state index is 0.0559. The molecule has 0 spiro atoms. The van der Waals surface area contributed by atoms with Crippen LogP contribution in [0.1, 0.15) is 36.7 Å². The van der Waals surface area contributed by atoms with Gasteiger partial charge in [0, 0.05) is 23.5 Å². The highest BCUT2D eigenvalue weighted by atomic mass is 16.4. The molecule has 1 aromatic carbocycles. The second-order valence-corrected chi connectivity index (χ2v) is 5.57. The van der Waals surface area contributed by atoms with Crippen molar-refractivity contribution in [2.75, 3.05) is 0 Å². The molecule has 0 aliphatic carbocycles. The number of ketones is 1. The van der Waals surface area contributed by atoms with Crippen LogP contribution in [0.3, 0.4) is 0 Å². The molecule has 6 nitrogen and oxygen atoms in total. The second-order valence-electron chi connectivity index (χ2n) is 5.57. The van der Waals surface area contributed by atoms with Gasteiger partial charge in [-0.2, -0.15) is 0 Å². The molecule has 3 rings (SSSR count). The summed E-state index contributed by atoms with van der Waals surface area (Å²) in [4.78, 5) is 32.0. The lowest BCUT2D eigenvalue weighted by Gasteiger charge is -2.16. The second kappa shape index (κ2) is 6.23. The van der Waals surface area contributed by atoms with Crippen LogP contribution in [-0.2, 0) is 4.79 Å². The highest BCUT2D eigenvalue weighted by molar-refractivity contribution is 5.98. The first-order valence-corrected chi connectivity index (χ1v) is 7.69. The molecular formula is C18H17N3O3. The molecule has 0 aliphatic rings. The first-order valence-electron chi connectivity index (χ1n) is 7.69. The minimum Gasteiger partial charge on any atom is -0.480 e. The van der Waals surface area contributed by atoms with Gasteiger partial charge in [0.2, 0.25) is 0 Å². The van der Waals surface area contributed by atoms with Crippen LogP contribution in [0, 0.1) is 0 Å². The molecule has 0 saturated carbocycles. The van der Waals surface area contributed by atoms with Gasteiger partial charge in [0.15, 0.2) is 5.78 Å². The van der Waals surface area contributed by atoms with Gasteiger partial charge in [-0.05, 0) is 43.7 Å².